The van der Waals surface area contributed by atoms with Crippen LogP contribution < -0.4 is 5.32 Å². The minimum absolute atomic E-state index is 0.0511. The molecule has 0 spiro atoms. The first-order valence-corrected chi connectivity index (χ1v) is 5.27. The van der Waals surface area contributed by atoms with Gasteiger partial charge in [0.05, 0.1) is 12.7 Å². The predicted octanol–water partition coefficient (Wildman–Crippen LogP) is 0.0683. The summed E-state index contributed by atoms with van der Waals surface area (Å²) >= 11 is 0. The fourth-order valence-corrected chi connectivity index (χ4v) is 1.23. The third kappa shape index (κ3) is 5.01. The largest absolute Gasteiger partial charge is 0.481 e. The number of nitrogens with zero attached hydrogens (tertiary/aromatic N) is 2. The van der Waals surface area contributed by atoms with Gasteiger partial charge < -0.3 is 20.3 Å². The summed E-state index contributed by atoms with van der Waals surface area (Å²) in [5, 5.41) is 11.2. The summed E-state index contributed by atoms with van der Waals surface area (Å²) in [5.74, 6) is -0.915. The Morgan fingerprint density at radius 2 is 2.35 bits per heavy atom. The summed E-state index contributed by atoms with van der Waals surface area (Å²) in [7, 11) is 1.56. The van der Waals surface area contributed by atoms with Gasteiger partial charge in [0.1, 0.15) is 0 Å². The number of hydrogen-bond donors (Lipinski definition) is 3. The predicted molar refractivity (Wildman–Crippen MR) is 60.6 cm³/mol. The van der Waals surface area contributed by atoms with Crippen molar-refractivity contribution in [3.63, 3.8) is 0 Å². The Labute approximate surface area is 98.8 Å². The van der Waals surface area contributed by atoms with Gasteiger partial charge in [-0.25, -0.2) is 9.78 Å². The van der Waals surface area contributed by atoms with Crippen LogP contribution in [0.15, 0.2) is 12.5 Å². The molecule has 0 aliphatic carbocycles. The lowest BCUT2D eigenvalue weighted by atomic mass is 10.3. The van der Waals surface area contributed by atoms with E-state index in [4.69, 9.17) is 5.11 Å². The number of amides is 2. The number of nitrogens with one attached hydrogen (secondary N) is 2. The van der Waals surface area contributed by atoms with Crippen LogP contribution in [-0.4, -0.2) is 52.1 Å². The number of hydrogen-bond acceptors (Lipinski definition) is 3. The monoisotopic (exact) mass is 240 g/mol. The van der Waals surface area contributed by atoms with Crippen LogP contribution in [0, 0.1) is 0 Å². The lowest BCUT2D eigenvalue weighted by molar-refractivity contribution is -0.137. The molecule has 0 fully saturated rings. The summed E-state index contributed by atoms with van der Waals surface area (Å²) in [4.78, 5) is 29.9. The maximum Gasteiger partial charge on any atom is 0.317 e. The van der Waals surface area contributed by atoms with Gasteiger partial charge in [0.15, 0.2) is 0 Å². The number of carboxylic acid groups (broad SMARTS) is 1. The van der Waals surface area contributed by atoms with E-state index in [0.29, 0.717) is 13.0 Å². The van der Waals surface area contributed by atoms with Crippen LogP contribution in [0.4, 0.5) is 4.79 Å². The minimum Gasteiger partial charge on any atom is -0.481 e. The van der Waals surface area contributed by atoms with E-state index >= 15 is 0 Å². The van der Waals surface area contributed by atoms with Crippen LogP contribution in [0.5, 0.6) is 0 Å². The molecular weight excluding hydrogens is 224 g/mol. The topological polar surface area (TPSA) is 98.3 Å². The van der Waals surface area contributed by atoms with E-state index in [1.165, 1.54) is 4.90 Å². The Hall–Kier alpha value is -2.05. The Balaban J connectivity index is 2.17. The standard InChI is InChI=1S/C10H16N4O3/c1-14(5-3-9(15)16)10(17)12-4-2-8-6-11-7-13-8/h6-7H,2-5H2,1H3,(H,11,13)(H,12,17)(H,15,16). The summed E-state index contributed by atoms with van der Waals surface area (Å²) in [6.45, 7) is 0.684. The van der Waals surface area contributed by atoms with Crippen molar-refractivity contribution >= 4 is 12.0 Å². The molecule has 1 aromatic heterocycles. The molecule has 0 saturated carbocycles. The highest BCUT2D eigenvalue weighted by Crippen LogP contribution is 1.92. The first kappa shape index (κ1) is 13.0. The summed E-state index contributed by atoms with van der Waals surface area (Å²) in [6.07, 6.45) is 3.89. The zero-order valence-electron chi connectivity index (χ0n) is 9.64. The zero-order chi connectivity index (χ0) is 12.7. The van der Waals surface area contributed by atoms with E-state index in [1.807, 2.05) is 0 Å². The summed E-state index contributed by atoms with van der Waals surface area (Å²) < 4.78 is 0. The Morgan fingerprint density at radius 3 is 2.94 bits per heavy atom. The van der Waals surface area contributed by atoms with Crippen molar-refractivity contribution in [2.24, 2.45) is 0 Å². The molecule has 3 N–H and O–H groups in total. The van der Waals surface area contributed by atoms with Gasteiger partial charge in [-0.15, -0.1) is 0 Å². The highest BCUT2D eigenvalue weighted by molar-refractivity contribution is 5.74. The second-order valence-corrected chi connectivity index (χ2v) is 3.62. The molecule has 0 atom stereocenters. The van der Waals surface area contributed by atoms with Crippen molar-refractivity contribution in [3.05, 3.63) is 18.2 Å². The fraction of sp³-hybridized carbons (Fsp3) is 0.500. The number of urea groups is 1. The van der Waals surface area contributed by atoms with Crippen molar-refractivity contribution in [3.8, 4) is 0 Å². The number of imidazole rings is 1. The third-order valence-corrected chi connectivity index (χ3v) is 2.23. The first-order chi connectivity index (χ1) is 8.09. The van der Waals surface area contributed by atoms with Gasteiger partial charge in [-0.3, -0.25) is 4.79 Å². The summed E-state index contributed by atoms with van der Waals surface area (Å²) in [6, 6.07) is -0.272. The van der Waals surface area contributed by atoms with Crippen molar-refractivity contribution < 1.29 is 14.7 Å². The minimum atomic E-state index is -0.915. The molecule has 17 heavy (non-hydrogen) atoms. The maximum atomic E-state index is 11.5. The number of aromatic amines is 1. The average Bonchev–Trinajstić information content (AvgIpc) is 2.78. The van der Waals surface area contributed by atoms with E-state index in [-0.39, 0.29) is 19.0 Å². The molecule has 94 valence electrons. The van der Waals surface area contributed by atoms with Crippen molar-refractivity contribution in [2.75, 3.05) is 20.1 Å². The summed E-state index contributed by atoms with van der Waals surface area (Å²) in [5.41, 5.74) is 0.943. The molecule has 7 heteroatoms. The van der Waals surface area contributed by atoms with Crippen molar-refractivity contribution in [1.82, 2.24) is 20.2 Å². The highest BCUT2D eigenvalue weighted by atomic mass is 16.4. The number of carbonyl (C=O) groups excluding carboxylic acids is 1. The molecule has 0 saturated heterocycles. The second kappa shape index (κ2) is 6.51. The van der Waals surface area contributed by atoms with Gasteiger partial charge in [-0.05, 0) is 0 Å². The van der Waals surface area contributed by atoms with Gasteiger partial charge in [0, 0.05) is 38.4 Å². The number of H-pyrrole nitrogens is 1. The number of aliphatic carboxylic acids is 1. The molecule has 7 nitrogen and oxygen atoms in total. The molecule has 0 aliphatic heterocycles. The van der Waals surface area contributed by atoms with E-state index in [0.717, 1.165) is 5.69 Å². The molecule has 0 aliphatic rings. The van der Waals surface area contributed by atoms with Crippen LogP contribution in [0.25, 0.3) is 0 Å². The van der Waals surface area contributed by atoms with E-state index in [2.05, 4.69) is 15.3 Å². The smallest absolute Gasteiger partial charge is 0.317 e. The van der Waals surface area contributed by atoms with Gasteiger partial charge in [0.25, 0.3) is 0 Å². The van der Waals surface area contributed by atoms with E-state index in [1.54, 1.807) is 19.6 Å². The van der Waals surface area contributed by atoms with Crippen molar-refractivity contribution in [1.29, 1.82) is 0 Å². The highest BCUT2D eigenvalue weighted by Gasteiger charge is 2.09. The molecule has 1 heterocycles. The van der Waals surface area contributed by atoms with Gasteiger partial charge >= 0.3 is 12.0 Å². The molecule has 0 aromatic carbocycles. The van der Waals surface area contributed by atoms with Crippen LogP contribution in [0.1, 0.15) is 12.1 Å². The molecule has 0 bridgehead atoms. The molecule has 0 unspecified atom stereocenters. The number of carboxylic acids is 1. The van der Waals surface area contributed by atoms with E-state index < -0.39 is 5.97 Å². The Bertz CT molecular complexity index is 364. The quantitative estimate of drug-likeness (QED) is 0.655. The van der Waals surface area contributed by atoms with Gasteiger partial charge in [-0.2, -0.15) is 0 Å². The lowest BCUT2D eigenvalue weighted by Crippen LogP contribution is -2.39. The van der Waals surface area contributed by atoms with Gasteiger partial charge in [0.2, 0.25) is 0 Å². The average molecular weight is 240 g/mol. The third-order valence-electron chi connectivity index (χ3n) is 2.23. The molecule has 2 amide bonds. The van der Waals surface area contributed by atoms with Crippen LogP contribution in [-0.2, 0) is 11.2 Å². The Kier molecular flexibility index (Phi) is 4.99. The van der Waals surface area contributed by atoms with Crippen LogP contribution >= 0.6 is 0 Å². The molecular formula is C10H16N4O3. The maximum absolute atomic E-state index is 11.5. The van der Waals surface area contributed by atoms with Crippen LogP contribution in [0.2, 0.25) is 0 Å². The van der Waals surface area contributed by atoms with Gasteiger partial charge in [-0.1, -0.05) is 0 Å². The van der Waals surface area contributed by atoms with Crippen molar-refractivity contribution in [2.45, 2.75) is 12.8 Å². The number of carbonyl (C=O) groups is 2. The lowest BCUT2D eigenvalue weighted by Gasteiger charge is -2.16. The normalized spacial score (nSPS) is 9.94. The zero-order valence-corrected chi connectivity index (χ0v) is 9.64. The Morgan fingerprint density at radius 1 is 1.59 bits per heavy atom. The second-order valence-electron chi connectivity index (χ2n) is 3.62. The van der Waals surface area contributed by atoms with Crippen LogP contribution in [0.3, 0.4) is 0 Å². The first-order valence-electron chi connectivity index (χ1n) is 5.27. The number of rotatable bonds is 6. The number of aromatic nitrogens is 2. The molecule has 1 rings (SSSR count). The molecule has 0 radical (unpaired) electrons. The SMILES string of the molecule is CN(CCC(=O)O)C(=O)NCCc1cnc[nH]1. The molecule has 1 aromatic rings. The van der Waals surface area contributed by atoms with E-state index in [9.17, 15) is 9.59 Å². The fourth-order valence-electron chi connectivity index (χ4n) is 1.23.